The van der Waals surface area contributed by atoms with Gasteiger partial charge in [0.2, 0.25) is 0 Å². The van der Waals surface area contributed by atoms with Crippen molar-refractivity contribution in [2.45, 2.75) is 24.7 Å². The van der Waals surface area contributed by atoms with Crippen LogP contribution in [0.5, 0.6) is 0 Å². The molecular formula is C14H12N2S2. The third-order valence-corrected chi connectivity index (χ3v) is 4.74. The van der Waals surface area contributed by atoms with Gasteiger partial charge in [-0.15, -0.1) is 22.7 Å². The Bertz CT molecular complexity index is 552. The van der Waals surface area contributed by atoms with E-state index in [1.807, 2.05) is 29.0 Å². The summed E-state index contributed by atoms with van der Waals surface area (Å²) in [7, 11) is 0. The molecule has 2 aromatic heterocycles. The molecule has 90 valence electrons. The minimum atomic E-state index is -0.0613. The van der Waals surface area contributed by atoms with Crippen molar-refractivity contribution in [3.63, 3.8) is 0 Å². The smallest absolute Gasteiger partial charge is 0.0916 e. The second-order valence-electron chi connectivity index (χ2n) is 4.09. The third kappa shape index (κ3) is 2.98. The fraction of sp³-hybridized carbons (Fsp3) is 0.286. The van der Waals surface area contributed by atoms with Crippen LogP contribution in [0.25, 0.3) is 0 Å². The predicted octanol–water partition coefficient (Wildman–Crippen LogP) is 4.12. The van der Waals surface area contributed by atoms with E-state index in [-0.39, 0.29) is 5.41 Å². The molecule has 0 N–H and O–H groups in total. The van der Waals surface area contributed by atoms with Crippen LogP contribution in [0.3, 0.4) is 0 Å². The van der Waals surface area contributed by atoms with E-state index in [1.54, 1.807) is 22.7 Å². The van der Waals surface area contributed by atoms with Gasteiger partial charge in [-0.2, -0.15) is 10.5 Å². The highest BCUT2D eigenvalue weighted by Gasteiger charge is 2.45. The van der Waals surface area contributed by atoms with Gasteiger partial charge in [-0.3, -0.25) is 0 Å². The molecule has 4 heteroatoms. The van der Waals surface area contributed by atoms with Crippen LogP contribution in [-0.2, 0) is 11.8 Å². The molecule has 0 spiro atoms. The molecule has 1 aliphatic rings. The second kappa shape index (κ2) is 5.82. The number of thiophene rings is 2. The number of nitrogens with zero attached hydrogens (tertiary/aromatic N) is 2. The summed E-state index contributed by atoms with van der Waals surface area (Å²) < 4.78 is 0. The first-order valence-corrected chi connectivity index (χ1v) is 7.41. The molecule has 0 radical (unpaired) electrons. The highest BCUT2D eigenvalue weighted by Crippen LogP contribution is 2.49. The first-order valence-electron chi connectivity index (χ1n) is 5.65. The quantitative estimate of drug-likeness (QED) is 0.825. The molecule has 0 saturated heterocycles. The molecule has 1 aliphatic carbocycles. The maximum absolute atomic E-state index is 8.78. The molecule has 0 aromatic carbocycles. The van der Waals surface area contributed by atoms with Gasteiger partial charge >= 0.3 is 0 Å². The van der Waals surface area contributed by atoms with Gasteiger partial charge in [0.15, 0.2) is 0 Å². The lowest BCUT2D eigenvalue weighted by Gasteiger charge is -1.97. The summed E-state index contributed by atoms with van der Waals surface area (Å²) in [5.74, 6) is 0. The van der Waals surface area contributed by atoms with Crippen molar-refractivity contribution in [3.05, 3.63) is 44.8 Å². The van der Waals surface area contributed by atoms with Gasteiger partial charge in [-0.25, -0.2) is 0 Å². The zero-order valence-corrected chi connectivity index (χ0v) is 11.4. The van der Waals surface area contributed by atoms with Crippen molar-refractivity contribution < 1.29 is 0 Å². The van der Waals surface area contributed by atoms with E-state index in [0.717, 1.165) is 17.7 Å². The minimum Gasteiger partial charge on any atom is -0.198 e. The van der Waals surface area contributed by atoms with Crippen molar-refractivity contribution in [2.24, 2.45) is 0 Å². The van der Waals surface area contributed by atoms with Gasteiger partial charge < -0.3 is 0 Å². The first kappa shape index (κ1) is 12.8. The van der Waals surface area contributed by atoms with E-state index in [4.69, 9.17) is 10.5 Å². The number of nitriles is 2. The number of hydrogen-bond acceptors (Lipinski definition) is 4. The van der Waals surface area contributed by atoms with Gasteiger partial charge in [-0.05, 0) is 35.7 Å². The van der Waals surface area contributed by atoms with Crippen LogP contribution >= 0.6 is 22.7 Å². The van der Waals surface area contributed by atoms with Crippen LogP contribution in [0, 0.1) is 22.7 Å². The summed E-state index contributed by atoms with van der Waals surface area (Å²) in [4.78, 5) is 2.39. The van der Waals surface area contributed by atoms with E-state index in [0.29, 0.717) is 6.42 Å². The van der Waals surface area contributed by atoms with E-state index in [1.165, 1.54) is 4.88 Å². The Morgan fingerprint density at radius 1 is 1.11 bits per heavy atom. The summed E-state index contributed by atoms with van der Waals surface area (Å²) in [6.07, 6.45) is 2.67. The molecule has 0 atom stereocenters. The average Bonchev–Trinajstić information content (AvgIpc) is 2.86. The van der Waals surface area contributed by atoms with Crippen molar-refractivity contribution in [1.29, 1.82) is 10.5 Å². The van der Waals surface area contributed by atoms with Crippen LogP contribution < -0.4 is 0 Å². The molecule has 1 saturated carbocycles. The van der Waals surface area contributed by atoms with E-state index >= 15 is 0 Å². The lowest BCUT2D eigenvalue weighted by atomic mass is 10.1. The maximum atomic E-state index is 8.78. The van der Waals surface area contributed by atoms with Gasteiger partial charge in [0, 0.05) is 9.75 Å². The molecule has 0 aliphatic heterocycles. The van der Waals surface area contributed by atoms with Crippen LogP contribution in [-0.4, -0.2) is 0 Å². The predicted molar refractivity (Wildman–Crippen MR) is 74.5 cm³/mol. The molecule has 2 nitrogen and oxygen atoms in total. The Morgan fingerprint density at radius 3 is 2.28 bits per heavy atom. The van der Waals surface area contributed by atoms with Crippen LogP contribution in [0.2, 0.25) is 0 Å². The standard InChI is InChI=1S/C8H7NS.C6H5NS/c9-6-8(3-4-8)7-2-1-5-10-7;7-4-3-6-2-1-5-8-6/h1-2,5H,3-4H2;1-2,5H,3H2. The Hall–Kier alpha value is -1.62. The van der Waals surface area contributed by atoms with E-state index in [9.17, 15) is 0 Å². The minimum absolute atomic E-state index is 0.0613. The monoisotopic (exact) mass is 272 g/mol. The van der Waals surface area contributed by atoms with Crippen LogP contribution in [0.15, 0.2) is 35.0 Å². The third-order valence-electron chi connectivity index (χ3n) is 2.79. The molecule has 0 bridgehead atoms. The zero-order valence-electron chi connectivity index (χ0n) is 9.80. The Kier molecular flexibility index (Phi) is 4.15. The van der Waals surface area contributed by atoms with E-state index < -0.39 is 0 Å². The molecule has 1 fully saturated rings. The fourth-order valence-corrected chi connectivity index (χ4v) is 3.15. The van der Waals surface area contributed by atoms with Crippen LogP contribution in [0.1, 0.15) is 22.6 Å². The van der Waals surface area contributed by atoms with Crippen molar-refractivity contribution >= 4 is 22.7 Å². The Morgan fingerprint density at radius 2 is 1.83 bits per heavy atom. The highest BCUT2D eigenvalue weighted by atomic mass is 32.1. The summed E-state index contributed by atoms with van der Waals surface area (Å²) in [6, 6.07) is 12.4. The fourth-order valence-electron chi connectivity index (χ4n) is 1.58. The number of rotatable bonds is 2. The largest absolute Gasteiger partial charge is 0.198 e. The molecular weight excluding hydrogens is 260 g/mol. The second-order valence-corrected chi connectivity index (χ2v) is 6.07. The van der Waals surface area contributed by atoms with Gasteiger partial charge in [0.25, 0.3) is 0 Å². The van der Waals surface area contributed by atoms with Crippen LogP contribution in [0.4, 0.5) is 0 Å². The Labute approximate surface area is 115 Å². The molecule has 0 amide bonds. The average molecular weight is 272 g/mol. The van der Waals surface area contributed by atoms with Gasteiger partial charge in [-0.1, -0.05) is 12.1 Å². The topological polar surface area (TPSA) is 47.6 Å². The van der Waals surface area contributed by atoms with Crippen molar-refractivity contribution in [2.75, 3.05) is 0 Å². The van der Waals surface area contributed by atoms with E-state index in [2.05, 4.69) is 18.2 Å². The maximum Gasteiger partial charge on any atom is 0.0916 e. The lowest BCUT2D eigenvalue weighted by molar-refractivity contribution is 0.937. The lowest BCUT2D eigenvalue weighted by Crippen LogP contribution is -1.97. The van der Waals surface area contributed by atoms with Gasteiger partial charge in [0.05, 0.1) is 24.0 Å². The zero-order chi connectivity index (χ0) is 12.8. The normalized spacial score (nSPS) is 14.8. The summed E-state index contributed by atoms with van der Waals surface area (Å²) in [5, 5.41) is 21.0. The Balaban J connectivity index is 0.000000138. The van der Waals surface area contributed by atoms with Gasteiger partial charge in [0.1, 0.15) is 0 Å². The van der Waals surface area contributed by atoms with Crippen molar-refractivity contribution in [3.8, 4) is 12.1 Å². The van der Waals surface area contributed by atoms with Crippen molar-refractivity contribution in [1.82, 2.24) is 0 Å². The SMILES string of the molecule is N#CC1(c2cccs2)CC1.N#CCc1cccs1. The summed E-state index contributed by atoms with van der Waals surface area (Å²) in [6.45, 7) is 0. The number of hydrogen-bond donors (Lipinski definition) is 0. The summed E-state index contributed by atoms with van der Waals surface area (Å²) in [5.41, 5.74) is -0.0613. The molecule has 3 rings (SSSR count). The molecule has 2 heterocycles. The molecule has 2 aromatic rings. The summed E-state index contributed by atoms with van der Waals surface area (Å²) >= 11 is 3.32. The first-order chi connectivity index (χ1) is 8.80. The molecule has 0 unspecified atom stereocenters. The highest BCUT2D eigenvalue weighted by molar-refractivity contribution is 7.10. The molecule has 18 heavy (non-hydrogen) atoms.